The molecule has 0 spiro atoms. The van der Waals surface area contributed by atoms with E-state index in [9.17, 15) is 22.8 Å². The number of hydrogen-bond donors (Lipinski definition) is 2. The molecule has 0 aromatic rings. The molecule has 2 fully saturated rings. The van der Waals surface area contributed by atoms with Crippen LogP contribution in [0.15, 0.2) is 11.6 Å². The number of hydroxylamine groups is 2. The van der Waals surface area contributed by atoms with Gasteiger partial charge in [0.25, 0.3) is 5.91 Å². The Hall–Kier alpha value is -2.18. The number of rotatable bonds is 3. The Bertz CT molecular complexity index is 718. The highest BCUT2D eigenvalue weighted by Crippen LogP contribution is 2.31. The van der Waals surface area contributed by atoms with E-state index < -0.39 is 34.4 Å². The number of hydrazine groups is 1. The van der Waals surface area contributed by atoms with E-state index in [2.05, 4.69) is 9.71 Å². The van der Waals surface area contributed by atoms with Crippen molar-refractivity contribution in [3.63, 3.8) is 0 Å². The molecule has 23 heavy (non-hydrogen) atoms. The highest BCUT2D eigenvalue weighted by atomic mass is 32.3. The Morgan fingerprint density at radius 1 is 1.43 bits per heavy atom. The lowest BCUT2D eigenvalue weighted by Gasteiger charge is -2.31. The number of hydrogen-bond acceptors (Lipinski definition) is 6. The monoisotopic (exact) mass is 346 g/mol. The van der Waals surface area contributed by atoms with E-state index in [1.807, 2.05) is 0 Å². The van der Waals surface area contributed by atoms with Crippen molar-refractivity contribution in [3.05, 3.63) is 11.6 Å². The third kappa shape index (κ3) is 2.75. The SMILES string of the molecule is CC1=C[C@@H]2CN(C(=O)N2OS(=O)(=O)O)[C@@H]1C(=O)N1CCC(=O)N1. The molecule has 3 heterocycles. The standard InChI is InChI=1S/C11H14N4O7S/c1-6-4-7-5-13(11(18)15(7)22-23(19,20)21)9(6)10(17)14-3-2-8(16)12-14/h4,7,9H,2-3,5H2,1H3,(H,12,16)(H,19,20,21)/t7-,9+/m1/s1. The van der Waals surface area contributed by atoms with Gasteiger partial charge in [0.1, 0.15) is 6.04 Å². The summed E-state index contributed by atoms with van der Waals surface area (Å²) < 4.78 is 34.7. The second-order valence-corrected chi connectivity index (χ2v) is 6.42. The minimum Gasteiger partial charge on any atom is -0.304 e. The predicted octanol–water partition coefficient (Wildman–Crippen LogP) is -1.58. The van der Waals surface area contributed by atoms with Crippen molar-refractivity contribution in [2.75, 3.05) is 13.1 Å². The van der Waals surface area contributed by atoms with E-state index in [1.165, 1.54) is 6.08 Å². The molecule has 0 aliphatic carbocycles. The van der Waals surface area contributed by atoms with Gasteiger partial charge in [-0.05, 0) is 12.5 Å². The fraction of sp³-hybridized carbons (Fsp3) is 0.545. The summed E-state index contributed by atoms with van der Waals surface area (Å²) in [6.45, 7) is 1.84. The molecular formula is C11H14N4O7S. The molecule has 12 heteroatoms. The Morgan fingerprint density at radius 3 is 2.70 bits per heavy atom. The fourth-order valence-corrected chi connectivity index (χ4v) is 3.28. The summed E-state index contributed by atoms with van der Waals surface area (Å²) in [7, 11) is -4.86. The van der Waals surface area contributed by atoms with Gasteiger partial charge in [0.2, 0.25) is 5.91 Å². The molecule has 0 saturated carbocycles. The Balaban J connectivity index is 1.84. The summed E-state index contributed by atoms with van der Waals surface area (Å²) in [5, 5.41) is 1.64. The molecule has 0 unspecified atom stereocenters. The van der Waals surface area contributed by atoms with Gasteiger partial charge in [-0.25, -0.2) is 4.79 Å². The first kappa shape index (κ1) is 15.7. The van der Waals surface area contributed by atoms with Gasteiger partial charge in [-0.1, -0.05) is 6.08 Å². The second kappa shape index (κ2) is 5.18. The molecule has 0 aromatic heterocycles. The van der Waals surface area contributed by atoms with Crippen LogP contribution in [0.1, 0.15) is 13.3 Å². The van der Waals surface area contributed by atoms with Crippen LogP contribution in [-0.2, 0) is 24.3 Å². The summed E-state index contributed by atoms with van der Waals surface area (Å²) in [4.78, 5) is 37.2. The number of fused-ring (bicyclic) bond motifs is 2. The van der Waals surface area contributed by atoms with Crippen molar-refractivity contribution in [2.24, 2.45) is 0 Å². The maximum Gasteiger partial charge on any atom is 0.418 e. The third-order valence-electron chi connectivity index (χ3n) is 3.81. The van der Waals surface area contributed by atoms with Crippen LogP contribution in [0.2, 0.25) is 0 Å². The van der Waals surface area contributed by atoms with Crippen molar-refractivity contribution >= 4 is 28.2 Å². The van der Waals surface area contributed by atoms with Gasteiger partial charge in [0.05, 0.1) is 19.1 Å². The Kier molecular flexibility index (Phi) is 3.54. The van der Waals surface area contributed by atoms with Crippen LogP contribution in [-0.4, -0.2) is 71.0 Å². The number of carbonyl (C=O) groups is 3. The molecule has 3 aliphatic heterocycles. The van der Waals surface area contributed by atoms with Crippen molar-refractivity contribution in [1.29, 1.82) is 0 Å². The summed E-state index contributed by atoms with van der Waals surface area (Å²) >= 11 is 0. The highest BCUT2D eigenvalue weighted by Gasteiger charge is 2.50. The molecule has 11 nitrogen and oxygen atoms in total. The lowest BCUT2D eigenvalue weighted by atomic mass is 10.00. The predicted molar refractivity (Wildman–Crippen MR) is 72.4 cm³/mol. The van der Waals surface area contributed by atoms with Gasteiger partial charge in [-0.15, -0.1) is 4.28 Å². The smallest absolute Gasteiger partial charge is 0.304 e. The summed E-state index contributed by atoms with van der Waals surface area (Å²) in [5.74, 6) is -0.789. The largest absolute Gasteiger partial charge is 0.418 e. The summed E-state index contributed by atoms with van der Waals surface area (Å²) in [5.41, 5.74) is 2.91. The molecule has 0 aromatic carbocycles. The molecule has 2 bridgehead atoms. The quantitative estimate of drug-likeness (QED) is 0.465. The zero-order valence-electron chi connectivity index (χ0n) is 12.0. The molecule has 3 rings (SSSR count). The van der Waals surface area contributed by atoms with Crippen LogP contribution in [0.4, 0.5) is 4.79 Å². The molecule has 2 saturated heterocycles. The van der Waals surface area contributed by atoms with Crippen LogP contribution >= 0.6 is 0 Å². The van der Waals surface area contributed by atoms with E-state index in [-0.39, 0.29) is 25.4 Å². The number of carbonyl (C=O) groups excluding carboxylic acids is 3. The zero-order valence-corrected chi connectivity index (χ0v) is 12.8. The maximum atomic E-state index is 12.5. The first-order chi connectivity index (χ1) is 10.7. The average Bonchev–Trinajstić information content (AvgIpc) is 2.96. The molecular weight excluding hydrogens is 332 g/mol. The number of urea groups is 1. The molecule has 2 N–H and O–H groups in total. The van der Waals surface area contributed by atoms with Crippen molar-refractivity contribution in [3.8, 4) is 0 Å². The minimum atomic E-state index is -4.86. The van der Waals surface area contributed by atoms with Crippen LogP contribution < -0.4 is 5.43 Å². The van der Waals surface area contributed by atoms with E-state index >= 15 is 0 Å². The van der Waals surface area contributed by atoms with Gasteiger partial charge in [0, 0.05) is 6.42 Å². The average molecular weight is 346 g/mol. The van der Waals surface area contributed by atoms with Crippen LogP contribution in [0.25, 0.3) is 0 Å². The van der Waals surface area contributed by atoms with Crippen LogP contribution in [0, 0.1) is 0 Å². The molecule has 0 radical (unpaired) electrons. The molecule has 3 aliphatic rings. The molecule has 4 amide bonds. The van der Waals surface area contributed by atoms with Crippen LogP contribution in [0.5, 0.6) is 0 Å². The van der Waals surface area contributed by atoms with Gasteiger partial charge in [-0.2, -0.15) is 13.5 Å². The van der Waals surface area contributed by atoms with Crippen molar-refractivity contribution < 1.29 is 31.6 Å². The lowest BCUT2D eigenvalue weighted by Crippen LogP contribution is -2.53. The zero-order chi connectivity index (χ0) is 16.9. The number of nitrogens with zero attached hydrogens (tertiary/aromatic N) is 3. The Labute approximate surface area is 131 Å². The van der Waals surface area contributed by atoms with Gasteiger partial charge >= 0.3 is 16.4 Å². The van der Waals surface area contributed by atoms with Gasteiger partial charge in [0.15, 0.2) is 0 Å². The van der Waals surface area contributed by atoms with Gasteiger partial charge in [-0.3, -0.25) is 24.6 Å². The second-order valence-electron chi connectivity index (χ2n) is 5.42. The van der Waals surface area contributed by atoms with E-state index in [0.29, 0.717) is 10.6 Å². The first-order valence-electron chi connectivity index (χ1n) is 6.73. The topological polar surface area (TPSA) is 137 Å². The highest BCUT2D eigenvalue weighted by molar-refractivity contribution is 7.80. The summed E-state index contributed by atoms with van der Waals surface area (Å²) in [6.07, 6.45) is 1.70. The fourth-order valence-electron chi connectivity index (χ4n) is 2.90. The van der Waals surface area contributed by atoms with Gasteiger partial charge < -0.3 is 4.90 Å². The lowest BCUT2D eigenvalue weighted by molar-refractivity contribution is -0.139. The molecule has 126 valence electrons. The molecule has 2 atom stereocenters. The van der Waals surface area contributed by atoms with Crippen molar-refractivity contribution in [2.45, 2.75) is 25.4 Å². The normalized spacial score (nSPS) is 27.4. The maximum absolute atomic E-state index is 12.5. The Morgan fingerprint density at radius 2 is 2.13 bits per heavy atom. The van der Waals surface area contributed by atoms with Crippen LogP contribution in [0.3, 0.4) is 0 Å². The third-order valence-corrected chi connectivity index (χ3v) is 4.16. The number of nitrogens with one attached hydrogen (secondary N) is 1. The summed E-state index contributed by atoms with van der Waals surface area (Å²) in [6, 6.07) is -2.56. The minimum absolute atomic E-state index is 0.0316. The van der Waals surface area contributed by atoms with E-state index in [0.717, 1.165) is 9.91 Å². The van der Waals surface area contributed by atoms with E-state index in [4.69, 9.17) is 4.55 Å². The first-order valence-corrected chi connectivity index (χ1v) is 8.10. The van der Waals surface area contributed by atoms with E-state index in [1.54, 1.807) is 6.92 Å². The van der Waals surface area contributed by atoms with Crippen molar-refractivity contribution in [1.82, 2.24) is 20.4 Å². The number of amides is 4.